The van der Waals surface area contributed by atoms with E-state index in [1.807, 2.05) is 6.07 Å². The first-order valence-corrected chi connectivity index (χ1v) is 10.5. The molecular weight excluding hydrogens is 324 g/mol. The number of hydrogen-bond donors (Lipinski definition) is 0. The topological polar surface area (TPSA) is 17.1 Å². The van der Waals surface area contributed by atoms with E-state index in [4.69, 9.17) is 0 Å². The second-order valence-electron chi connectivity index (χ2n) is 7.64. The highest BCUT2D eigenvalue weighted by Gasteiger charge is 2.32. The Kier molecular flexibility index (Phi) is 8.02. The van der Waals surface area contributed by atoms with Crippen molar-refractivity contribution in [1.82, 2.24) is 0 Å². The second kappa shape index (κ2) is 10.0. The van der Waals surface area contributed by atoms with Crippen LogP contribution in [-0.2, 0) is 4.79 Å². The Morgan fingerprint density at radius 2 is 1.84 bits per heavy atom. The predicted molar refractivity (Wildman–Crippen MR) is 110 cm³/mol. The first-order valence-electron chi connectivity index (χ1n) is 9.68. The quantitative estimate of drug-likeness (QED) is 0.412. The van der Waals surface area contributed by atoms with Gasteiger partial charge in [0.2, 0.25) is 0 Å². The maximum Gasteiger partial charge on any atom is 0.145 e. The summed E-state index contributed by atoms with van der Waals surface area (Å²) in [6.45, 7) is 6.49. The van der Waals surface area contributed by atoms with Gasteiger partial charge in [-0.1, -0.05) is 101 Å². The lowest BCUT2D eigenvalue weighted by Crippen LogP contribution is -2.30. The molecule has 0 radical (unpaired) electrons. The molecule has 1 atom stereocenters. The smallest absolute Gasteiger partial charge is 0.145 e. The van der Waals surface area contributed by atoms with Gasteiger partial charge in [0.15, 0.2) is 0 Å². The molecule has 0 aromatic heterocycles. The molecule has 2 rings (SSSR count). The van der Waals surface area contributed by atoms with Crippen molar-refractivity contribution in [2.45, 2.75) is 70.6 Å². The molecule has 1 nitrogen and oxygen atoms in total. The van der Waals surface area contributed by atoms with E-state index in [-0.39, 0.29) is 11.3 Å². The molecule has 0 bridgehead atoms. The van der Waals surface area contributed by atoms with Gasteiger partial charge in [-0.2, -0.15) is 0 Å². The van der Waals surface area contributed by atoms with E-state index >= 15 is 0 Å². The summed E-state index contributed by atoms with van der Waals surface area (Å²) in [5.41, 5.74) is -0.209. The summed E-state index contributed by atoms with van der Waals surface area (Å²) in [6.07, 6.45) is 14.6. The molecule has 1 aromatic rings. The van der Waals surface area contributed by atoms with Crippen LogP contribution in [0, 0.1) is 11.3 Å². The summed E-state index contributed by atoms with van der Waals surface area (Å²) < 4.78 is 0. The first-order chi connectivity index (χ1) is 12.0. The zero-order valence-corrected chi connectivity index (χ0v) is 16.8. The van der Waals surface area contributed by atoms with Crippen LogP contribution in [0.1, 0.15) is 65.7 Å². The van der Waals surface area contributed by atoms with Crippen LogP contribution >= 0.6 is 11.8 Å². The maximum absolute atomic E-state index is 12.9. The van der Waals surface area contributed by atoms with Crippen LogP contribution in [0.25, 0.3) is 0 Å². The number of thioether (sulfide) groups is 1. The minimum Gasteiger partial charge on any atom is -0.298 e. The molecule has 0 saturated heterocycles. The summed E-state index contributed by atoms with van der Waals surface area (Å²) in [4.78, 5) is 15.4. The van der Waals surface area contributed by atoms with Crippen LogP contribution < -0.4 is 0 Å². The normalized spacial score (nSPS) is 17.4. The van der Waals surface area contributed by atoms with Gasteiger partial charge in [-0.3, -0.25) is 4.79 Å². The van der Waals surface area contributed by atoms with Crippen molar-refractivity contribution in [2.75, 3.05) is 0 Å². The Morgan fingerprint density at radius 3 is 2.48 bits per heavy atom. The number of carbonyl (C=O) groups is 1. The lowest BCUT2D eigenvalue weighted by Gasteiger charge is -2.28. The van der Waals surface area contributed by atoms with Gasteiger partial charge >= 0.3 is 0 Å². The number of allylic oxidation sites excluding steroid dienone is 3. The number of carbonyl (C=O) groups excluding carboxylic acids is 1. The Balaban J connectivity index is 1.82. The van der Waals surface area contributed by atoms with Crippen LogP contribution in [0.5, 0.6) is 0 Å². The molecule has 0 amide bonds. The third-order valence-corrected chi connectivity index (χ3v) is 6.00. The van der Waals surface area contributed by atoms with E-state index in [0.717, 1.165) is 12.8 Å². The Labute approximate surface area is 158 Å². The maximum atomic E-state index is 12.9. The zero-order chi connectivity index (χ0) is 18.1. The molecule has 0 aliphatic heterocycles. The molecule has 1 aliphatic carbocycles. The molecule has 136 valence electrons. The lowest BCUT2D eigenvalue weighted by molar-refractivity contribution is -0.130. The number of hydrogen-bond acceptors (Lipinski definition) is 2. The fourth-order valence-electron chi connectivity index (χ4n) is 3.29. The molecule has 0 saturated carbocycles. The average Bonchev–Trinajstić information content (AvgIpc) is 2.62. The van der Waals surface area contributed by atoms with Crippen molar-refractivity contribution >= 4 is 17.5 Å². The van der Waals surface area contributed by atoms with Crippen molar-refractivity contribution in [2.24, 2.45) is 11.3 Å². The van der Waals surface area contributed by atoms with Crippen LogP contribution in [-0.4, -0.2) is 5.78 Å². The number of Topliss-reactive ketones (excluding diaryl/α,β-unsaturated/α-hetero) is 1. The van der Waals surface area contributed by atoms with Gasteiger partial charge in [0.1, 0.15) is 5.78 Å². The van der Waals surface area contributed by atoms with E-state index in [9.17, 15) is 4.79 Å². The Bertz CT molecular complexity index is 598. The van der Waals surface area contributed by atoms with E-state index in [2.05, 4.69) is 63.3 Å². The van der Waals surface area contributed by atoms with Gasteiger partial charge in [-0.05, 0) is 25.0 Å². The van der Waals surface area contributed by atoms with E-state index in [1.165, 1.54) is 41.9 Å². The third-order valence-electron chi connectivity index (χ3n) is 4.95. The lowest BCUT2D eigenvalue weighted by atomic mass is 9.75. The molecule has 0 heterocycles. The Morgan fingerprint density at radius 1 is 1.12 bits per heavy atom. The van der Waals surface area contributed by atoms with Crippen molar-refractivity contribution in [3.8, 4) is 0 Å². The molecular formula is C23H32OS. The number of benzene rings is 1. The van der Waals surface area contributed by atoms with Crippen LogP contribution in [0.3, 0.4) is 0 Å². The molecule has 2 heteroatoms. The highest BCUT2D eigenvalue weighted by Crippen LogP contribution is 2.35. The van der Waals surface area contributed by atoms with E-state index in [0.29, 0.717) is 5.78 Å². The van der Waals surface area contributed by atoms with Gasteiger partial charge in [0, 0.05) is 21.1 Å². The van der Waals surface area contributed by atoms with E-state index in [1.54, 1.807) is 11.8 Å². The van der Waals surface area contributed by atoms with Crippen LogP contribution in [0.2, 0.25) is 0 Å². The third kappa shape index (κ3) is 6.51. The van der Waals surface area contributed by atoms with E-state index < -0.39 is 0 Å². The summed E-state index contributed by atoms with van der Waals surface area (Å²) in [7, 11) is 0. The highest BCUT2D eigenvalue weighted by molar-refractivity contribution is 8.03. The molecule has 0 spiro atoms. The average molecular weight is 357 g/mol. The van der Waals surface area contributed by atoms with Crippen LogP contribution in [0.4, 0.5) is 0 Å². The highest BCUT2D eigenvalue weighted by atomic mass is 32.2. The SMILES string of the molecule is CCCCCCCC(C)(C)C(=O)C1C=CC(Sc2ccccc2)=CC1. The van der Waals surface area contributed by atoms with Crippen molar-refractivity contribution in [1.29, 1.82) is 0 Å². The largest absolute Gasteiger partial charge is 0.298 e. The van der Waals surface area contributed by atoms with Crippen molar-refractivity contribution in [3.63, 3.8) is 0 Å². The number of ketones is 1. The van der Waals surface area contributed by atoms with Gasteiger partial charge < -0.3 is 0 Å². The fraction of sp³-hybridized carbons (Fsp3) is 0.522. The minimum atomic E-state index is -0.209. The molecule has 0 N–H and O–H groups in total. The van der Waals surface area contributed by atoms with Gasteiger partial charge in [0.05, 0.1) is 0 Å². The summed E-state index contributed by atoms with van der Waals surface area (Å²) in [5.74, 6) is 0.449. The minimum absolute atomic E-state index is 0.0470. The monoisotopic (exact) mass is 356 g/mol. The first kappa shape index (κ1) is 20.0. The fourth-order valence-corrected chi connectivity index (χ4v) is 4.18. The van der Waals surface area contributed by atoms with Gasteiger partial charge in [-0.15, -0.1) is 0 Å². The van der Waals surface area contributed by atoms with Crippen molar-refractivity contribution < 1.29 is 4.79 Å². The summed E-state index contributed by atoms with van der Waals surface area (Å²) in [6, 6.07) is 10.4. The molecule has 25 heavy (non-hydrogen) atoms. The summed E-state index contributed by atoms with van der Waals surface area (Å²) >= 11 is 1.77. The van der Waals surface area contributed by atoms with Crippen molar-refractivity contribution in [3.05, 3.63) is 53.5 Å². The van der Waals surface area contributed by atoms with Gasteiger partial charge in [-0.25, -0.2) is 0 Å². The number of rotatable bonds is 10. The Hall–Kier alpha value is -1.28. The zero-order valence-electron chi connectivity index (χ0n) is 16.0. The molecule has 1 aliphatic rings. The number of unbranched alkanes of at least 4 members (excludes halogenated alkanes) is 4. The predicted octanol–water partition coefficient (Wildman–Crippen LogP) is 7.19. The van der Waals surface area contributed by atoms with Gasteiger partial charge in [0.25, 0.3) is 0 Å². The standard InChI is InChI=1S/C23H32OS/c1-4-5-6-7-11-18-23(2,3)22(24)19-14-16-21(17-15-19)25-20-12-9-8-10-13-20/h8-10,12-14,16-17,19H,4-7,11,15,18H2,1-3H3. The molecule has 0 fully saturated rings. The van der Waals surface area contributed by atoms with Crippen LogP contribution in [0.15, 0.2) is 58.4 Å². The molecule has 1 unspecified atom stereocenters. The summed E-state index contributed by atoms with van der Waals surface area (Å²) in [5, 5.41) is 0. The molecule has 1 aromatic carbocycles. The second-order valence-corrected chi connectivity index (χ2v) is 8.78.